The van der Waals surface area contributed by atoms with Gasteiger partial charge in [-0.15, -0.1) is 0 Å². The first kappa shape index (κ1) is 20.0. The molecule has 1 aliphatic heterocycles. The second kappa shape index (κ2) is 8.99. The van der Waals surface area contributed by atoms with E-state index in [0.717, 1.165) is 24.0 Å². The maximum Gasteiger partial charge on any atom is 0.268 e. The Balaban J connectivity index is 1.77. The molecule has 0 bridgehead atoms. The van der Waals surface area contributed by atoms with E-state index in [9.17, 15) is 9.59 Å². The number of hydroxylamine groups is 1. The smallest absolute Gasteiger partial charge is 0.268 e. The molecule has 0 unspecified atom stereocenters. The van der Waals surface area contributed by atoms with Gasteiger partial charge >= 0.3 is 0 Å². The first-order valence-electron chi connectivity index (χ1n) is 9.56. The Labute approximate surface area is 165 Å². The number of amides is 2. The second-order valence-corrected chi connectivity index (χ2v) is 7.01. The highest BCUT2D eigenvalue weighted by atomic mass is 16.5. The molecule has 2 atom stereocenters. The lowest BCUT2D eigenvalue weighted by molar-refractivity contribution is -0.136. The van der Waals surface area contributed by atoms with Crippen LogP contribution in [0, 0.1) is 0 Å². The van der Waals surface area contributed by atoms with E-state index in [0.29, 0.717) is 18.5 Å². The highest BCUT2D eigenvalue weighted by molar-refractivity contribution is 5.98. The Morgan fingerprint density at radius 3 is 2.25 bits per heavy atom. The molecule has 3 rings (SSSR count). The number of carbonyl (C=O) groups is 2. The van der Waals surface area contributed by atoms with E-state index in [1.54, 1.807) is 17.6 Å². The Morgan fingerprint density at radius 1 is 1.11 bits per heavy atom. The van der Waals surface area contributed by atoms with Crippen LogP contribution in [0.25, 0.3) is 11.1 Å². The third-order valence-electron chi connectivity index (χ3n) is 5.24. The first-order chi connectivity index (χ1) is 13.6. The van der Waals surface area contributed by atoms with Crippen molar-refractivity contribution in [2.75, 3.05) is 13.7 Å². The van der Waals surface area contributed by atoms with Gasteiger partial charge in [0.25, 0.3) is 11.8 Å². The predicted octanol–water partition coefficient (Wildman–Crippen LogP) is 3.04. The molecule has 6 nitrogen and oxygen atoms in total. The number of benzene rings is 2. The Morgan fingerprint density at radius 2 is 1.71 bits per heavy atom. The maximum atomic E-state index is 12.9. The van der Waals surface area contributed by atoms with Crippen LogP contribution in [-0.2, 0) is 16.0 Å². The molecule has 0 spiro atoms. The monoisotopic (exact) mass is 382 g/mol. The highest BCUT2D eigenvalue weighted by Crippen LogP contribution is 2.25. The van der Waals surface area contributed by atoms with E-state index < -0.39 is 18.1 Å². The van der Waals surface area contributed by atoms with Crippen LogP contribution in [0.3, 0.4) is 0 Å². The van der Waals surface area contributed by atoms with E-state index >= 15 is 0 Å². The van der Waals surface area contributed by atoms with Crippen molar-refractivity contribution >= 4 is 11.8 Å². The van der Waals surface area contributed by atoms with Crippen molar-refractivity contribution in [3.63, 3.8) is 0 Å². The number of rotatable bonds is 6. The fourth-order valence-corrected chi connectivity index (χ4v) is 3.74. The highest BCUT2D eigenvalue weighted by Gasteiger charge is 2.42. The standard InChI is InChI=1S/C22H26N2O4/c1-3-4-15-5-7-16(8-6-15)17-9-11-18(12-10-17)22(26)24-14-13-19(28-2)20(24)21(25)23-27/h5-12,19-20,27H,3-4,13-14H2,1-2H3,(H,23,25)/t19-,20-/m0/s1. The number of nitrogens with zero attached hydrogens (tertiary/aromatic N) is 1. The molecule has 2 N–H and O–H groups in total. The average Bonchev–Trinajstić information content (AvgIpc) is 3.18. The molecule has 0 saturated carbocycles. The summed E-state index contributed by atoms with van der Waals surface area (Å²) in [4.78, 5) is 26.4. The molecular formula is C22H26N2O4. The zero-order chi connectivity index (χ0) is 20.1. The van der Waals surface area contributed by atoms with E-state index in [-0.39, 0.29) is 5.91 Å². The average molecular weight is 382 g/mol. The van der Waals surface area contributed by atoms with Gasteiger partial charge in [-0.2, -0.15) is 0 Å². The molecule has 0 radical (unpaired) electrons. The fourth-order valence-electron chi connectivity index (χ4n) is 3.74. The molecule has 1 aliphatic rings. The molecule has 2 aromatic carbocycles. The molecule has 2 amide bonds. The normalized spacial score (nSPS) is 18.9. The minimum atomic E-state index is -0.840. The van der Waals surface area contributed by atoms with Crippen LogP contribution < -0.4 is 5.48 Å². The summed E-state index contributed by atoms with van der Waals surface area (Å²) in [5, 5.41) is 9.00. The van der Waals surface area contributed by atoms with E-state index in [4.69, 9.17) is 9.94 Å². The predicted molar refractivity (Wildman–Crippen MR) is 106 cm³/mol. The molecule has 1 saturated heterocycles. The van der Waals surface area contributed by atoms with Gasteiger partial charge in [0.2, 0.25) is 0 Å². The van der Waals surface area contributed by atoms with Crippen LogP contribution in [0.2, 0.25) is 0 Å². The van der Waals surface area contributed by atoms with Gasteiger partial charge in [-0.1, -0.05) is 49.7 Å². The molecule has 0 aromatic heterocycles. The number of aryl methyl sites for hydroxylation is 1. The number of likely N-dealkylation sites (tertiary alicyclic amines) is 1. The van der Waals surface area contributed by atoms with E-state index in [1.807, 2.05) is 12.1 Å². The molecule has 148 valence electrons. The third-order valence-corrected chi connectivity index (χ3v) is 5.24. The summed E-state index contributed by atoms with van der Waals surface area (Å²) in [7, 11) is 1.50. The van der Waals surface area contributed by atoms with Gasteiger partial charge in [0.05, 0.1) is 6.10 Å². The quantitative estimate of drug-likeness (QED) is 0.595. The molecule has 6 heteroatoms. The van der Waals surface area contributed by atoms with Gasteiger partial charge in [-0.05, 0) is 41.7 Å². The summed E-state index contributed by atoms with van der Waals surface area (Å²) in [6.45, 7) is 2.56. The first-order valence-corrected chi connectivity index (χ1v) is 9.56. The summed E-state index contributed by atoms with van der Waals surface area (Å²) >= 11 is 0. The summed E-state index contributed by atoms with van der Waals surface area (Å²) in [5.74, 6) is -0.889. The van der Waals surface area contributed by atoms with E-state index in [1.165, 1.54) is 17.6 Å². The molecule has 1 heterocycles. The molecule has 28 heavy (non-hydrogen) atoms. The van der Waals surface area contributed by atoms with Crippen LogP contribution in [0.4, 0.5) is 0 Å². The lowest BCUT2D eigenvalue weighted by Gasteiger charge is -2.25. The number of methoxy groups -OCH3 is 1. The van der Waals surface area contributed by atoms with Crippen LogP contribution in [0.5, 0.6) is 0 Å². The summed E-state index contributed by atoms with van der Waals surface area (Å²) in [6, 6.07) is 15.0. The Bertz CT molecular complexity index is 817. The maximum absolute atomic E-state index is 12.9. The molecule has 1 fully saturated rings. The largest absolute Gasteiger partial charge is 0.379 e. The zero-order valence-corrected chi connectivity index (χ0v) is 16.2. The Hall–Kier alpha value is -2.70. The molecule has 2 aromatic rings. The van der Waals surface area contributed by atoms with Crippen LogP contribution in [-0.4, -0.2) is 47.7 Å². The van der Waals surface area contributed by atoms with Gasteiger partial charge in [-0.25, -0.2) is 5.48 Å². The van der Waals surface area contributed by atoms with Crippen molar-refractivity contribution in [1.82, 2.24) is 10.4 Å². The van der Waals surface area contributed by atoms with Crippen molar-refractivity contribution in [1.29, 1.82) is 0 Å². The summed E-state index contributed by atoms with van der Waals surface area (Å²) < 4.78 is 5.30. The summed E-state index contributed by atoms with van der Waals surface area (Å²) in [6.07, 6.45) is 2.29. The minimum Gasteiger partial charge on any atom is -0.379 e. The lowest BCUT2D eigenvalue weighted by Crippen LogP contribution is -2.49. The van der Waals surface area contributed by atoms with Gasteiger partial charge in [0, 0.05) is 19.2 Å². The van der Waals surface area contributed by atoms with Crippen LogP contribution >= 0.6 is 0 Å². The Kier molecular flexibility index (Phi) is 6.44. The lowest BCUT2D eigenvalue weighted by atomic mass is 10.0. The number of hydrogen-bond donors (Lipinski definition) is 2. The number of hydrogen-bond acceptors (Lipinski definition) is 4. The number of carbonyl (C=O) groups excluding carboxylic acids is 2. The summed E-state index contributed by atoms with van der Waals surface area (Å²) in [5.41, 5.74) is 5.57. The topological polar surface area (TPSA) is 78.9 Å². The van der Waals surface area contributed by atoms with Gasteiger partial charge in [-0.3, -0.25) is 14.8 Å². The van der Waals surface area contributed by atoms with Crippen molar-refractivity contribution in [3.8, 4) is 11.1 Å². The fraction of sp³-hybridized carbons (Fsp3) is 0.364. The molecular weight excluding hydrogens is 356 g/mol. The number of nitrogens with one attached hydrogen (secondary N) is 1. The van der Waals surface area contributed by atoms with Crippen molar-refractivity contribution in [2.45, 2.75) is 38.3 Å². The van der Waals surface area contributed by atoms with Crippen molar-refractivity contribution < 1.29 is 19.5 Å². The van der Waals surface area contributed by atoms with Gasteiger partial charge in [0.1, 0.15) is 6.04 Å². The van der Waals surface area contributed by atoms with Gasteiger partial charge < -0.3 is 9.64 Å². The third kappa shape index (κ3) is 4.08. The van der Waals surface area contributed by atoms with Crippen molar-refractivity contribution in [2.24, 2.45) is 0 Å². The van der Waals surface area contributed by atoms with Gasteiger partial charge in [0.15, 0.2) is 0 Å². The minimum absolute atomic E-state index is 0.252. The second-order valence-electron chi connectivity index (χ2n) is 7.01. The SMILES string of the molecule is CCCc1ccc(-c2ccc(C(=O)N3CC[C@H](OC)[C@H]3C(=O)NO)cc2)cc1. The number of ether oxygens (including phenoxy) is 1. The van der Waals surface area contributed by atoms with Crippen molar-refractivity contribution in [3.05, 3.63) is 59.7 Å². The molecule has 0 aliphatic carbocycles. The van der Waals surface area contributed by atoms with E-state index in [2.05, 4.69) is 31.2 Å². The van der Waals surface area contributed by atoms with Crippen LogP contribution in [0.15, 0.2) is 48.5 Å². The van der Waals surface area contributed by atoms with Crippen LogP contribution in [0.1, 0.15) is 35.7 Å². The zero-order valence-electron chi connectivity index (χ0n) is 16.2.